The Bertz CT molecular complexity index is 1390. The fourth-order valence-corrected chi connectivity index (χ4v) is 5.91. The largest absolute Gasteiger partial charge is 0.410 e. The molecular weight excluding hydrogens is 477 g/mol. The molecular formula is C27H31BN9O. The predicted octanol–water partition coefficient (Wildman–Crippen LogP) is 2.16. The van der Waals surface area contributed by atoms with Crippen molar-refractivity contribution in [1.82, 2.24) is 29.5 Å². The van der Waals surface area contributed by atoms with Crippen LogP contribution in [-0.4, -0.2) is 88.5 Å². The average Bonchev–Trinajstić information content (AvgIpc) is 3.63. The molecule has 1 aliphatic carbocycles. The van der Waals surface area contributed by atoms with Crippen molar-refractivity contribution in [2.45, 2.75) is 31.2 Å². The summed E-state index contributed by atoms with van der Waals surface area (Å²) in [6, 6.07) is 10.9. The molecule has 1 saturated carbocycles. The number of anilines is 3. The van der Waals surface area contributed by atoms with Gasteiger partial charge in [0.1, 0.15) is 12.3 Å². The van der Waals surface area contributed by atoms with Crippen molar-refractivity contribution in [2.24, 2.45) is 7.05 Å². The van der Waals surface area contributed by atoms with Gasteiger partial charge in [-0.3, -0.25) is 14.5 Å². The Morgan fingerprint density at radius 1 is 1.24 bits per heavy atom. The van der Waals surface area contributed by atoms with Crippen LogP contribution in [0.2, 0.25) is 0 Å². The SMILES string of the molecule is Cn1ccc(Nc2nccc(-c3cc(C#N)c4c(c3)[C@](C)(CN3CCN(C5CC5)CC3)CN4[B]C=O)n2)n1. The smallest absolute Gasteiger partial charge is 0.329 e. The minimum atomic E-state index is -0.250. The second-order valence-electron chi connectivity index (χ2n) is 10.8. The number of carbonyl (C=O) groups excluding carboxylic acids is 1. The third-order valence-electron chi connectivity index (χ3n) is 7.88. The van der Waals surface area contributed by atoms with Crippen molar-refractivity contribution in [3.8, 4) is 17.3 Å². The minimum Gasteiger partial charge on any atom is -0.410 e. The second kappa shape index (κ2) is 9.85. The van der Waals surface area contributed by atoms with Gasteiger partial charge in [0.25, 0.3) is 0 Å². The van der Waals surface area contributed by atoms with Gasteiger partial charge in [-0.25, -0.2) is 9.97 Å². The van der Waals surface area contributed by atoms with Crippen molar-refractivity contribution in [1.29, 1.82) is 5.26 Å². The molecule has 1 radical (unpaired) electrons. The molecule has 0 spiro atoms. The monoisotopic (exact) mass is 508 g/mol. The zero-order valence-electron chi connectivity index (χ0n) is 21.8. The lowest BCUT2D eigenvalue weighted by atomic mass is 9.81. The number of hydrogen-bond acceptors (Lipinski definition) is 9. The number of hydrogen-bond donors (Lipinski definition) is 1. The van der Waals surface area contributed by atoms with Gasteiger partial charge in [-0.15, -0.1) is 0 Å². The zero-order chi connectivity index (χ0) is 26.3. The van der Waals surface area contributed by atoms with E-state index >= 15 is 0 Å². The number of aromatic nitrogens is 4. The molecule has 38 heavy (non-hydrogen) atoms. The van der Waals surface area contributed by atoms with E-state index in [2.05, 4.69) is 44.3 Å². The highest BCUT2D eigenvalue weighted by Gasteiger charge is 2.42. The highest BCUT2D eigenvalue weighted by Crippen LogP contribution is 2.45. The van der Waals surface area contributed by atoms with Crippen LogP contribution in [0.4, 0.5) is 17.5 Å². The van der Waals surface area contributed by atoms with Crippen LogP contribution in [0.25, 0.3) is 11.3 Å². The molecule has 193 valence electrons. The molecule has 1 aromatic carbocycles. The van der Waals surface area contributed by atoms with Crippen LogP contribution >= 0.6 is 0 Å². The maximum absolute atomic E-state index is 11.5. The van der Waals surface area contributed by atoms with E-state index in [-0.39, 0.29) is 5.41 Å². The topological polar surface area (TPSA) is 106 Å². The van der Waals surface area contributed by atoms with E-state index in [1.165, 1.54) is 12.8 Å². The van der Waals surface area contributed by atoms with Crippen LogP contribution in [0.1, 0.15) is 30.9 Å². The van der Waals surface area contributed by atoms with Crippen LogP contribution in [0.5, 0.6) is 0 Å². The third-order valence-corrected chi connectivity index (χ3v) is 7.88. The van der Waals surface area contributed by atoms with Crippen molar-refractivity contribution >= 4 is 31.1 Å². The van der Waals surface area contributed by atoms with Crippen LogP contribution in [0, 0.1) is 11.3 Å². The molecule has 2 fully saturated rings. The highest BCUT2D eigenvalue weighted by molar-refractivity contribution is 6.70. The summed E-state index contributed by atoms with van der Waals surface area (Å²) in [5.41, 5.74) is 3.76. The number of nitrogens with zero attached hydrogens (tertiary/aromatic N) is 8. The van der Waals surface area contributed by atoms with Crippen LogP contribution < -0.4 is 10.1 Å². The minimum absolute atomic E-state index is 0.250. The Kier molecular flexibility index (Phi) is 6.37. The Hall–Kier alpha value is -3.75. The summed E-state index contributed by atoms with van der Waals surface area (Å²) < 4.78 is 1.71. The third kappa shape index (κ3) is 4.77. The predicted molar refractivity (Wildman–Crippen MR) is 147 cm³/mol. The Balaban J connectivity index is 1.32. The van der Waals surface area contributed by atoms with Crippen LogP contribution in [0.3, 0.4) is 0 Å². The average molecular weight is 508 g/mol. The molecule has 2 aromatic heterocycles. The molecule has 2 aliphatic heterocycles. The molecule has 3 aliphatic rings. The van der Waals surface area contributed by atoms with E-state index < -0.39 is 0 Å². The van der Waals surface area contributed by atoms with Gasteiger partial charge in [-0.05, 0) is 36.6 Å². The molecule has 1 N–H and O–H groups in total. The first kappa shape index (κ1) is 24.6. The fourth-order valence-electron chi connectivity index (χ4n) is 5.91. The molecule has 6 rings (SSSR count). The molecule has 0 bridgehead atoms. The first-order valence-corrected chi connectivity index (χ1v) is 13.2. The molecule has 0 amide bonds. The summed E-state index contributed by atoms with van der Waals surface area (Å²) >= 11 is 0. The lowest BCUT2D eigenvalue weighted by Gasteiger charge is -2.39. The lowest BCUT2D eigenvalue weighted by Crippen LogP contribution is -2.51. The summed E-state index contributed by atoms with van der Waals surface area (Å²) in [7, 11) is 3.40. The fraction of sp³-hybridized carbons (Fsp3) is 0.444. The van der Waals surface area contributed by atoms with E-state index in [4.69, 9.17) is 4.98 Å². The molecule has 4 heterocycles. The van der Waals surface area contributed by atoms with E-state index in [0.717, 1.165) is 67.5 Å². The summed E-state index contributed by atoms with van der Waals surface area (Å²) in [6.07, 6.45) is 7.03. The number of nitriles is 1. The number of aryl methyl sites for hydroxylation is 1. The van der Waals surface area contributed by atoms with Crippen LogP contribution in [0.15, 0.2) is 36.7 Å². The molecule has 0 unspecified atom stereocenters. The van der Waals surface area contributed by atoms with Gasteiger partial charge < -0.3 is 14.9 Å². The van der Waals surface area contributed by atoms with Gasteiger partial charge in [0, 0.05) is 87.5 Å². The molecule has 10 nitrogen and oxygen atoms in total. The first-order valence-electron chi connectivity index (χ1n) is 13.2. The van der Waals surface area contributed by atoms with Crippen LogP contribution in [-0.2, 0) is 17.3 Å². The maximum atomic E-state index is 11.5. The Labute approximate surface area is 223 Å². The number of piperazine rings is 1. The Morgan fingerprint density at radius 2 is 2.05 bits per heavy atom. The summed E-state index contributed by atoms with van der Waals surface area (Å²) in [6.45, 7) is 8.06. The van der Waals surface area contributed by atoms with E-state index in [9.17, 15) is 10.1 Å². The highest BCUT2D eigenvalue weighted by atomic mass is 16.1. The maximum Gasteiger partial charge on any atom is 0.329 e. The second-order valence-corrected chi connectivity index (χ2v) is 10.8. The standard InChI is InChI=1S/C27H31BN9O/c1-27(16-35-9-11-36(12-10-35)21-3-4-21)17-37(28-18-38)25-20(15-29)13-19(14-22(25)27)23-5-7-30-26(31-23)32-24-6-8-34(2)33-24/h5-8,13-14,18,21H,3-4,9-12,16-17H2,1-2H3,(H,30,31,32,33)/t27-/m1/s1. The van der Waals surface area contributed by atoms with E-state index in [1.54, 1.807) is 18.3 Å². The molecule has 1 saturated heterocycles. The zero-order valence-corrected chi connectivity index (χ0v) is 21.8. The van der Waals surface area contributed by atoms with Gasteiger partial charge in [0.2, 0.25) is 5.95 Å². The summed E-state index contributed by atoms with van der Waals surface area (Å²) in [5, 5.41) is 17.6. The summed E-state index contributed by atoms with van der Waals surface area (Å²) in [4.78, 5) is 27.7. The van der Waals surface area contributed by atoms with Crippen molar-refractivity contribution in [2.75, 3.05) is 49.4 Å². The van der Waals surface area contributed by atoms with E-state index in [0.29, 0.717) is 23.9 Å². The lowest BCUT2D eigenvalue weighted by molar-refractivity contribution is 0.110. The van der Waals surface area contributed by atoms with Gasteiger partial charge in [0.15, 0.2) is 5.82 Å². The number of nitrogens with one attached hydrogen (secondary N) is 1. The number of rotatable bonds is 8. The normalized spacial score (nSPS) is 21.7. The Morgan fingerprint density at radius 3 is 2.74 bits per heavy atom. The molecule has 11 heteroatoms. The van der Waals surface area contributed by atoms with Gasteiger partial charge in [0.05, 0.1) is 11.3 Å². The summed E-state index contributed by atoms with van der Waals surface area (Å²) in [5.74, 6) is 1.10. The van der Waals surface area contributed by atoms with Gasteiger partial charge in [-0.2, -0.15) is 10.4 Å². The first-order chi connectivity index (χ1) is 18.5. The van der Waals surface area contributed by atoms with E-state index in [1.807, 2.05) is 36.3 Å². The number of fused-ring (bicyclic) bond motifs is 1. The molecule has 3 aromatic rings. The number of benzene rings is 1. The quantitative estimate of drug-likeness (QED) is 0.362. The van der Waals surface area contributed by atoms with Gasteiger partial charge in [-0.1, -0.05) is 6.92 Å². The van der Waals surface area contributed by atoms with Crippen molar-refractivity contribution < 1.29 is 4.79 Å². The van der Waals surface area contributed by atoms with Crippen molar-refractivity contribution in [3.63, 3.8) is 0 Å². The van der Waals surface area contributed by atoms with Gasteiger partial charge >= 0.3 is 7.41 Å². The number of carbonyl (C=O) groups is 1. The van der Waals surface area contributed by atoms with Crippen molar-refractivity contribution in [3.05, 3.63) is 47.8 Å². The molecule has 1 atom stereocenters.